The van der Waals surface area contributed by atoms with Crippen molar-refractivity contribution in [2.75, 3.05) is 19.6 Å². The number of hydrogen-bond donors (Lipinski definition) is 2. The Morgan fingerprint density at radius 3 is 2.11 bits per heavy atom. The number of morpholine rings is 1. The predicted octanol–water partition coefficient (Wildman–Crippen LogP) is 0.469. The summed E-state index contributed by atoms with van der Waals surface area (Å²) in [5.74, 6) is -0.450. The largest absolute Gasteiger partial charge is 0.368 e. The van der Waals surface area contributed by atoms with Gasteiger partial charge in [-0.15, -0.1) is 0 Å². The Labute approximate surface area is 110 Å². The second-order valence-corrected chi connectivity index (χ2v) is 6.86. The van der Waals surface area contributed by atoms with Crippen LogP contribution in [0.2, 0.25) is 0 Å². The molecule has 1 saturated heterocycles. The maximum atomic E-state index is 11.2. The summed E-state index contributed by atoms with van der Waals surface area (Å²) >= 11 is 0. The Kier molecular flexibility index (Phi) is 4.10. The fourth-order valence-corrected chi connectivity index (χ4v) is 2.62. The smallest absolute Gasteiger partial charge is 0.237 e. The van der Waals surface area contributed by atoms with E-state index in [9.17, 15) is 4.79 Å². The van der Waals surface area contributed by atoms with Crippen LogP contribution in [0.4, 0.5) is 0 Å². The number of nitrogens with two attached hydrogens (primary N) is 2. The van der Waals surface area contributed by atoms with Gasteiger partial charge in [-0.1, -0.05) is 0 Å². The van der Waals surface area contributed by atoms with Crippen LogP contribution in [0, 0.1) is 0 Å². The van der Waals surface area contributed by atoms with Crippen LogP contribution in [0.1, 0.15) is 41.0 Å². The minimum atomic E-state index is -0.938. The molecular weight excluding hydrogens is 230 g/mol. The standard InChI is InChI=1S/C13H27N3O2/c1-11(2)8-16(9-12(3,4)18-11)7-6-13(5,15)10(14)17/h6-9,15H2,1-5H3,(H2,14,17). The Bertz CT molecular complexity index is 308. The lowest BCUT2D eigenvalue weighted by molar-refractivity contribution is -0.180. The molecule has 1 atom stereocenters. The van der Waals surface area contributed by atoms with E-state index in [4.69, 9.17) is 16.2 Å². The zero-order chi connectivity index (χ0) is 14.2. The van der Waals surface area contributed by atoms with E-state index < -0.39 is 11.4 Å². The molecule has 0 radical (unpaired) electrons. The normalized spacial score (nSPS) is 26.6. The maximum absolute atomic E-state index is 11.2. The van der Waals surface area contributed by atoms with E-state index in [2.05, 4.69) is 32.6 Å². The van der Waals surface area contributed by atoms with Gasteiger partial charge in [0.25, 0.3) is 0 Å². The molecule has 0 aromatic heterocycles. The highest BCUT2D eigenvalue weighted by atomic mass is 16.5. The molecular formula is C13H27N3O2. The van der Waals surface area contributed by atoms with Crippen molar-refractivity contribution >= 4 is 5.91 Å². The number of rotatable bonds is 4. The molecule has 0 aliphatic carbocycles. The summed E-state index contributed by atoms with van der Waals surface area (Å²) in [7, 11) is 0. The Hall–Kier alpha value is -0.650. The lowest BCUT2D eigenvalue weighted by Crippen LogP contribution is -2.59. The van der Waals surface area contributed by atoms with Gasteiger partial charge in [0.2, 0.25) is 5.91 Å². The van der Waals surface area contributed by atoms with Gasteiger partial charge in [0.15, 0.2) is 0 Å². The zero-order valence-corrected chi connectivity index (χ0v) is 12.2. The van der Waals surface area contributed by atoms with Crippen molar-refractivity contribution in [2.45, 2.75) is 57.8 Å². The summed E-state index contributed by atoms with van der Waals surface area (Å²) in [5, 5.41) is 0. The van der Waals surface area contributed by atoms with Crippen LogP contribution in [0.5, 0.6) is 0 Å². The number of nitrogens with zero attached hydrogens (tertiary/aromatic N) is 1. The molecule has 1 heterocycles. The zero-order valence-electron chi connectivity index (χ0n) is 12.2. The molecule has 0 saturated carbocycles. The highest BCUT2D eigenvalue weighted by Gasteiger charge is 2.38. The summed E-state index contributed by atoms with van der Waals surface area (Å²) in [6.07, 6.45) is 0.564. The molecule has 1 amide bonds. The van der Waals surface area contributed by atoms with Crippen molar-refractivity contribution in [3.8, 4) is 0 Å². The van der Waals surface area contributed by atoms with E-state index in [0.717, 1.165) is 19.6 Å². The third kappa shape index (κ3) is 4.23. The number of hydrogen-bond acceptors (Lipinski definition) is 4. The van der Waals surface area contributed by atoms with Crippen LogP contribution in [0.3, 0.4) is 0 Å². The van der Waals surface area contributed by atoms with Crippen LogP contribution in [0.25, 0.3) is 0 Å². The van der Waals surface area contributed by atoms with Gasteiger partial charge in [0.05, 0.1) is 16.7 Å². The first-order valence-corrected chi connectivity index (χ1v) is 6.45. The van der Waals surface area contributed by atoms with Crippen molar-refractivity contribution in [3.63, 3.8) is 0 Å². The van der Waals surface area contributed by atoms with Gasteiger partial charge in [-0.2, -0.15) is 0 Å². The summed E-state index contributed by atoms with van der Waals surface area (Å²) in [6, 6.07) is 0. The maximum Gasteiger partial charge on any atom is 0.237 e. The van der Waals surface area contributed by atoms with Crippen molar-refractivity contribution in [1.82, 2.24) is 4.90 Å². The second kappa shape index (κ2) is 4.79. The third-order valence-corrected chi connectivity index (χ3v) is 3.27. The summed E-state index contributed by atoms with van der Waals surface area (Å²) in [6.45, 7) is 12.4. The average Bonchev–Trinajstić information content (AvgIpc) is 2.09. The third-order valence-electron chi connectivity index (χ3n) is 3.27. The molecule has 1 unspecified atom stereocenters. The van der Waals surface area contributed by atoms with Crippen molar-refractivity contribution in [3.05, 3.63) is 0 Å². The average molecular weight is 257 g/mol. The first-order chi connectivity index (χ1) is 7.94. The fraction of sp³-hybridized carbons (Fsp3) is 0.923. The lowest BCUT2D eigenvalue weighted by atomic mass is 9.95. The number of ether oxygens (including phenoxy) is 1. The molecule has 0 bridgehead atoms. The Morgan fingerprint density at radius 1 is 1.28 bits per heavy atom. The van der Waals surface area contributed by atoms with Crippen LogP contribution < -0.4 is 11.5 Å². The van der Waals surface area contributed by atoms with Crippen LogP contribution in [-0.2, 0) is 9.53 Å². The molecule has 5 nitrogen and oxygen atoms in total. The van der Waals surface area contributed by atoms with Crippen LogP contribution in [0.15, 0.2) is 0 Å². The van der Waals surface area contributed by atoms with Crippen LogP contribution >= 0.6 is 0 Å². The molecule has 0 aromatic rings. The number of carbonyl (C=O) groups is 1. The van der Waals surface area contributed by atoms with Gasteiger partial charge in [0.1, 0.15) is 0 Å². The Balaban J connectivity index is 2.60. The molecule has 0 spiro atoms. The molecule has 1 fully saturated rings. The number of amides is 1. The van der Waals surface area contributed by atoms with E-state index in [0.29, 0.717) is 6.42 Å². The number of carbonyl (C=O) groups excluding carboxylic acids is 1. The highest BCUT2D eigenvalue weighted by molar-refractivity contribution is 5.83. The molecule has 0 aromatic carbocycles. The topological polar surface area (TPSA) is 81.6 Å². The Morgan fingerprint density at radius 2 is 1.72 bits per heavy atom. The van der Waals surface area contributed by atoms with Gasteiger partial charge in [-0.25, -0.2) is 0 Å². The molecule has 1 rings (SSSR count). The van der Waals surface area contributed by atoms with Gasteiger partial charge in [-0.3, -0.25) is 9.69 Å². The van der Waals surface area contributed by atoms with Crippen molar-refractivity contribution < 1.29 is 9.53 Å². The molecule has 106 valence electrons. The second-order valence-electron chi connectivity index (χ2n) is 6.86. The highest BCUT2D eigenvalue weighted by Crippen LogP contribution is 2.28. The SMILES string of the molecule is CC1(C)CN(CCC(C)(N)C(N)=O)CC(C)(C)O1. The minimum absolute atomic E-state index is 0.181. The molecule has 1 aliphatic heterocycles. The van der Waals surface area contributed by atoms with E-state index in [-0.39, 0.29) is 11.2 Å². The molecule has 1 aliphatic rings. The lowest BCUT2D eigenvalue weighted by Gasteiger charge is -2.47. The fourth-order valence-electron chi connectivity index (χ4n) is 2.62. The van der Waals surface area contributed by atoms with Crippen LogP contribution in [-0.4, -0.2) is 47.2 Å². The summed E-state index contributed by atoms with van der Waals surface area (Å²) in [4.78, 5) is 13.5. The molecule has 18 heavy (non-hydrogen) atoms. The summed E-state index contributed by atoms with van der Waals surface area (Å²) in [5.41, 5.74) is 9.86. The van der Waals surface area contributed by atoms with Gasteiger partial charge < -0.3 is 16.2 Å². The van der Waals surface area contributed by atoms with Crippen molar-refractivity contribution in [2.24, 2.45) is 11.5 Å². The minimum Gasteiger partial charge on any atom is -0.368 e. The van der Waals surface area contributed by atoms with E-state index >= 15 is 0 Å². The quantitative estimate of drug-likeness (QED) is 0.767. The van der Waals surface area contributed by atoms with Gasteiger partial charge >= 0.3 is 0 Å². The molecule has 5 heteroatoms. The van der Waals surface area contributed by atoms with E-state index in [1.807, 2.05) is 0 Å². The first kappa shape index (κ1) is 15.4. The summed E-state index contributed by atoms with van der Waals surface area (Å²) < 4.78 is 6.01. The van der Waals surface area contributed by atoms with Crippen molar-refractivity contribution in [1.29, 1.82) is 0 Å². The van der Waals surface area contributed by atoms with Gasteiger partial charge in [0, 0.05) is 19.6 Å². The molecule has 4 N–H and O–H groups in total. The van der Waals surface area contributed by atoms with E-state index in [1.165, 1.54) is 0 Å². The first-order valence-electron chi connectivity index (χ1n) is 6.45. The monoisotopic (exact) mass is 257 g/mol. The predicted molar refractivity (Wildman–Crippen MR) is 72.1 cm³/mol. The number of primary amides is 1. The van der Waals surface area contributed by atoms with E-state index in [1.54, 1.807) is 6.92 Å². The van der Waals surface area contributed by atoms with Gasteiger partial charge in [-0.05, 0) is 41.0 Å².